The van der Waals surface area contributed by atoms with Gasteiger partial charge in [-0.05, 0) is 83.7 Å². The van der Waals surface area contributed by atoms with Crippen molar-refractivity contribution < 1.29 is 0 Å². The second-order valence-electron chi connectivity index (χ2n) is 12.4. The Hall–Kier alpha value is -5.06. The first kappa shape index (κ1) is 23.4. The topological polar surface area (TPSA) is 30.7 Å². The summed E-state index contributed by atoms with van der Waals surface area (Å²) < 4.78 is 5.14. The molecule has 3 aromatic heterocycles. The number of para-hydroxylation sites is 1. The zero-order chi connectivity index (χ0) is 28.5. The Bertz CT molecular complexity index is 2710. The molecule has 11 rings (SSSR count). The van der Waals surface area contributed by atoms with Gasteiger partial charge in [0.15, 0.2) is 0 Å². The second-order valence-corrected chi connectivity index (χ2v) is 13.5. The van der Waals surface area contributed by atoms with E-state index >= 15 is 0 Å². The van der Waals surface area contributed by atoms with Gasteiger partial charge in [-0.1, -0.05) is 72.8 Å². The third-order valence-electron chi connectivity index (χ3n) is 10.1. The highest BCUT2D eigenvalue weighted by molar-refractivity contribution is 7.27. The predicted molar refractivity (Wildman–Crippen MR) is 185 cm³/mol. The Morgan fingerprint density at radius 2 is 1.20 bits per heavy atom. The molecule has 206 valence electrons. The molecule has 0 unspecified atom stereocenters. The molecular formula is C40H25N3S. The monoisotopic (exact) mass is 579 g/mol. The Balaban J connectivity index is 1.40. The lowest BCUT2D eigenvalue weighted by atomic mass is 9.86. The number of aromatic nitrogens is 3. The molecule has 9 aromatic rings. The van der Waals surface area contributed by atoms with E-state index in [1.165, 1.54) is 87.8 Å². The molecule has 0 radical (unpaired) electrons. The summed E-state index contributed by atoms with van der Waals surface area (Å²) in [5, 5.41) is 9.04. The van der Waals surface area contributed by atoms with Crippen molar-refractivity contribution in [3.05, 3.63) is 125 Å². The van der Waals surface area contributed by atoms with Crippen LogP contribution in [0.2, 0.25) is 0 Å². The lowest BCUT2D eigenvalue weighted by Crippen LogP contribution is -2.09. The molecule has 0 atom stereocenters. The van der Waals surface area contributed by atoms with Gasteiger partial charge >= 0.3 is 0 Å². The van der Waals surface area contributed by atoms with Crippen molar-refractivity contribution in [3.63, 3.8) is 0 Å². The Labute approximate surface area is 257 Å². The van der Waals surface area contributed by atoms with E-state index in [0.717, 1.165) is 41.0 Å². The molecule has 0 fully saturated rings. The standard InChI is InChI=1S/C40H25N3S/c1-2-8-22(9-3-1)37-29-12-6-7-13-32(29)41-40(42-37)43-33-20-25-16-14-23(25)18-30(33)35-27-10-4-5-11-28(27)39-36(38(35)43)31-19-24-15-17-26(24)21-34(31)44-39/h1-13,18-21H,14-17H2. The Kier molecular flexibility index (Phi) is 4.42. The van der Waals surface area contributed by atoms with Crippen molar-refractivity contribution in [1.82, 2.24) is 14.5 Å². The van der Waals surface area contributed by atoms with E-state index in [0.29, 0.717) is 0 Å². The highest BCUT2D eigenvalue weighted by Crippen LogP contribution is 2.49. The van der Waals surface area contributed by atoms with Crippen LogP contribution >= 0.6 is 11.3 Å². The molecule has 0 bridgehead atoms. The smallest absolute Gasteiger partial charge is 0.235 e. The number of nitrogens with zero attached hydrogens (tertiary/aromatic N) is 3. The first-order valence-electron chi connectivity index (χ1n) is 15.5. The van der Waals surface area contributed by atoms with E-state index in [4.69, 9.17) is 9.97 Å². The highest BCUT2D eigenvalue weighted by atomic mass is 32.1. The first-order chi connectivity index (χ1) is 21.8. The number of hydrogen-bond donors (Lipinski definition) is 0. The largest absolute Gasteiger partial charge is 0.277 e. The minimum atomic E-state index is 0.738. The third kappa shape index (κ3) is 2.96. The van der Waals surface area contributed by atoms with Crippen LogP contribution in [0.1, 0.15) is 22.3 Å². The fourth-order valence-corrected chi connectivity index (χ4v) is 9.08. The summed E-state index contributed by atoms with van der Waals surface area (Å²) in [6.07, 6.45) is 4.64. The van der Waals surface area contributed by atoms with Gasteiger partial charge in [-0.2, -0.15) is 0 Å². The molecule has 3 nitrogen and oxygen atoms in total. The van der Waals surface area contributed by atoms with E-state index < -0.39 is 0 Å². The molecule has 44 heavy (non-hydrogen) atoms. The maximum absolute atomic E-state index is 5.43. The van der Waals surface area contributed by atoms with Gasteiger partial charge in [-0.25, -0.2) is 9.97 Å². The van der Waals surface area contributed by atoms with Crippen LogP contribution in [0.25, 0.3) is 80.9 Å². The molecule has 0 amide bonds. The highest BCUT2D eigenvalue weighted by Gasteiger charge is 2.27. The second kappa shape index (κ2) is 8.31. The number of thiophene rings is 1. The van der Waals surface area contributed by atoms with Gasteiger partial charge in [0, 0.05) is 47.3 Å². The molecular weight excluding hydrogens is 555 g/mol. The number of fused-ring (bicyclic) bond motifs is 13. The van der Waals surface area contributed by atoms with Gasteiger partial charge in [0.25, 0.3) is 0 Å². The van der Waals surface area contributed by atoms with Gasteiger partial charge in [0.05, 0.1) is 22.2 Å². The van der Waals surface area contributed by atoms with Gasteiger partial charge in [0.2, 0.25) is 5.95 Å². The number of hydrogen-bond acceptors (Lipinski definition) is 3. The molecule has 0 aliphatic heterocycles. The van der Waals surface area contributed by atoms with Crippen LogP contribution in [0.3, 0.4) is 0 Å². The zero-order valence-electron chi connectivity index (χ0n) is 23.9. The molecule has 2 aliphatic rings. The quantitative estimate of drug-likeness (QED) is 0.204. The Morgan fingerprint density at radius 1 is 0.545 bits per heavy atom. The van der Waals surface area contributed by atoms with E-state index in [1.54, 1.807) is 0 Å². The predicted octanol–water partition coefficient (Wildman–Crippen LogP) is 10.1. The van der Waals surface area contributed by atoms with Gasteiger partial charge in [0.1, 0.15) is 0 Å². The SMILES string of the molecule is c1ccc(-c2nc(-n3c4cc5c(cc4c4c6ccccc6c6sc7cc8c(cc7c6c43)CC8)CC5)nc3ccccc23)cc1. The van der Waals surface area contributed by atoms with Crippen LogP contribution in [0, 0.1) is 0 Å². The van der Waals surface area contributed by atoms with Crippen molar-refractivity contribution in [2.24, 2.45) is 0 Å². The number of aryl methyl sites for hydroxylation is 4. The van der Waals surface area contributed by atoms with Gasteiger partial charge < -0.3 is 0 Å². The molecule has 2 aliphatic carbocycles. The summed E-state index contributed by atoms with van der Waals surface area (Å²) in [7, 11) is 0. The number of benzene rings is 6. The lowest BCUT2D eigenvalue weighted by molar-refractivity contribution is 0.842. The van der Waals surface area contributed by atoms with Crippen molar-refractivity contribution in [3.8, 4) is 17.2 Å². The van der Waals surface area contributed by atoms with Gasteiger partial charge in [-0.15, -0.1) is 11.3 Å². The van der Waals surface area contributed by atoms with E-state index in [2.05, 4.69) is 108 Å². The molecule has 6 aromatic carbocycles. The molecule has 3 heterocycles. The lowest BCUT2D eigenvalue weighted by Gasteiger charge is -2.19. The van der Waals surface area contributed by atoms with Crippen LogP contribution < -0.4 is 0 Å². The van der Waals surface area contributed by atoms with Crippen molar-refractivity contribution in [2.75, 3.05) is 0 Å². The summed E-state index contributed by atoms with van der Waals surface area (Å²) in [5.41, 5.74) is 11.4. The molecule has 0 spiro atoms. The summed E-state index contributed by atoms with van der Waals surface area (Å²) >= 11 is 1.94. The molecule has 0 saturated heterocycles. The van der Waals surface area contributed by atoms with Crippen molar-refractivity contribution in [2.45, 2.75) is 25.7 Å². The molecule has 0 N–H and O–H groups in total. The van der Waals surface area contributed by atoms with E-state index in [-0.39, 0.29) is 0 Å². The maximum atomic E-state index is 5.43. The fraction of sp³-hybridized carbons (Fsp3) is 0.100. The van der Waals surface area contributed by atoms with E-state index in [9.17, 15) is 0 Å². The van der Waals surface area contributed by atoms with Gasteiger partial charge in [-0.3, -0.25) is 4.57 Å². The fourth-order valence-electron chi connectivity index (χ4n) is 7.79. The van der Waals surface area contributed by atoms with E-state index in [1.807, 2.05) is 11.3 Å². The number of rotatable bonds is 2. The summed E-state index contributed by atoms with van der Waals surface area (Å²) in [4.78, 5) is 10.8. The zero-order valence-corrected chi connectivity index (χ0v) is 24.7. The van der Waals surface area contributed by atoms with Crippen LogP contribution in [-0.4, -0.2) is 14.5 Å². The van der Waals surface area contributed by atoms with Crippen LogP contribution in [0.5, 0.6) is 0 Å². The van der Waals surface area contributed by atoms with Crippen molar-refractivity contribution >= 4 is 75.0 Å². The maximum Gasteiger partial charge on any atom is 0.235 e. The normalized spacial score (nSPS) is 14.0. The van der Waals surface area contributed by atoms with Crippen LogP contribution in [-0.2, 0) is 25.7 Å². The average molecular weight is 580 g/mol. The van der Waals surface area contributed by atoms with Crippen LogP contribution in [0.15, 0.2) is 103 Å². The molecule has 4 heteroatoms. The summed E-state index contributed by atoms with van der Waals surface area (Å²) in [6.45, 7) is 0. The summed E-state index contributed by atoms with van der Waals surface area (Å²) in [6, 6.07) is 37.8. The van der Waals surface area contributed by atoms with Crippen molar-refractivity contribution in [1.29, 1.82) is 0 Å². The molecule has 0 saturated carbocycles. The summed E-state index contributed by atoms with van der Waals surface area (Å²) in [5.74, 6) is 0.738. The Morgan fingerprint density at radius 3 is 2.00 bits per heavy atom. The van der Waals surface area contributed by atoms with Crippen LogP contribution in [0.4, 0.5) is 0 Å². The minimum Gasteiger partial charge on any atom is -0.277 e. The third-order valence-corrected chi connectivity index (χ3v) is 11.3. The minimum absolute atomic E-state index is 0.738. The average Bonchev–Trinajstić information content (AvgIpc) is 3.58. The first-order valence-corrected chi connectivity index (χ1v) is 16.3.